The van der Waals surface area contributed by atoms with E-state index >= 15 is 0 Å². The summed E-state index contributed by atoms with van der Waals surface area (Å²) in [6.45, 7) is 4.54. The van der Waals surface area contributed by atoms with Gasteiger partial charge >= 0.3 is 0 Å². The van der Waals surface area contributed by atoms with Gasteiger partial charge in [-0.15, -0.1) is 0 Å². The van der Waals surface area contributed by atoms with E-state index in [9.17, 15) is 0 Å². The van der Waals surface area contributed by atoms with Gasteiger partial charge in [0.2, 0.25) is 0 Å². The minimum Gasteiger partial charge on any atom is -0.362 e. The van der Waals surface area contributed by atoms with E-state index in [0.717, 1.165) is 17.8 Å². The number of rotatable bonds is 3. The summed E-state index contributed by atoms with van der Waals surface area (Å²) >= 11 is 16.9. The second-order valence-electron chi connectivity index (χ2n) is 3.29. The molecule has 0 unspecified atom stereocenters. The Kier molecular flexibility index (Phi) is 5.68. The van der Waals surface area contributed by atoms with E-state index in [-0.39, 0.29) is 0 Å². The summed E-state index contributed by atoms with van der Waals surface area (Å²) in [5.41, 5.74) is 4.24. The van der Waals surface area contributed by atoms with E-state index in [1.807, 2.05) is 13.8 Å². The Hall–Kier alpha value is -0.840. The molecule has 0 atom stereocenters. The highest BCUT2D eigenvalue weighted by atomic mass is 35.5. The SMILES string of the molecule is CCNC(=S)N/N=C(/C)c1cc(Cl)ccc1Cl. The van der Waals surface area contributed by atoms with Gasteiger partial charge < -0.3 is 5.32 Å². The lowest BCUT2D eigenvalue weighted by Crippen LogP contribution is -2.32. The lowest BCUT2D eigenvalue weighted by molar-refractivity contribution is 0.901. The maximum atomic E-state index is 6.05. The molecule has 1 rings (SSSR count). The Bertz CT molecular complexity index is 446. The summed E-state index contributed by atoms with van der Waals surface area (Å²) in [7, 11) is 0. The van der Waals surface area contributed by atoms with Gasteiger partial charge in [0.05, 0.1) is 5.71 Å². The minimum absolute atomic E-state index is 0.477. The van der Waals surface area contributed by atoms with Crippen LogP contribution < -0.4 is 10.7 Å². The van der Waals surface area contributed by atoms with Crippen molar-refractivity contribution in [2.45, 2.75) is 13.8 Å². The molecule has 6 heteroatoms. The van der Waals surface area contributed by atoms with Crippen LogP contribution in [0.3, 0.4) is 0 Å². The zero-order valence-electron chi connectivity index (χ0n) is 9.55. The highest BCUT2D eigenvalue weighted by molar-refractivity contribution is 7.80. The highest BCUT2D eigenvalue weighted by Gasteiger charge is 2.04. The van der Waals surface area contributed by atoms with Crippen molar-refractivity contribution in [3.63, 3.8) is 0 Å². The van der Waals surface area contributed by atoms with Gasteiger partial charge in [-0.3, -0.25) is 5.43 Å². The van der Waals surface area contributed by atoms with Crippen molar-refractivity contribution in [3.8, 4) is 0 Å². The molecule has 2 N–H and O–H groups in total. The first-order valence-electron chi connectivity index (χ1n) is 5.08. The van der Waals surface area contributed by atoms with Crippen molar-refractivity contribution < 1.29 is 0 Å². The van der Waals surface area contributed by atoms with Crippen LogP contribution in [0.1, 0.15) is 19.4 Å². The summed E-state index contributed by atoms with van der Waals surface area (Å²) < 4.78 is 0. The molecular formula is C11H13Cl2N3S. The van der Waals surface area contributed by atoms with Gasteiger partial charge in [-0.1, -0.05) is 23.2 Å². The smallest absolute Gasteiger partial charge is 0.186 e. The lowest BCUT2D eigenvalue weighted by atomic mass is 10.1. The van der Waals surface area contributed by atoms with Gasteiger partial charge in [0.1, 0.15) is 0 Å². The van der Waals surface area contributed by atoms with Crippen molar-refractivity contribution in [2.75, 3.05) is 6.54 Å². The predicted octanol–water partition coefficient (Wildman–Crippen LogP) is 3.20. The first kappa shape index (κ1) is 14.2. The largest absolute Gasteiger partial charge is 0.362 e. The third-order valence-corrected chi connectivity index (χ3v) is 2.78. The van der Waals surface area contributed by atoms with Gasteiger partial charge in [0, 0.05) is 22.2 Å². The van der Waals surface area contributed by atoms with Gasteiger partial charge in [0.15, 0.2) is 5.11 Å². The van der Waals surface area contributed by atoms with Crippen LogP contribution >= 0.6 is 35.4 Å². The Labute approximate surface area is 116 Å². The van der Waals surface area contributed by atoms with E-state index < -0.39 is 0 Å². The molecule has 0 radical (unpaired) electrons. The van der Waals surface area contributed by atoms with Crippen LogP contribution in [0.2, 0.25) is 10.0 Å². The molecule has 0 bridgehead atoms. The Morgan fingerprint density at radius 1 is 1.41 bits per heavy atom. The van der Waals surface area contributed by atoms with Crippen molar-refractivity contribution in [2.24, 2.45) is 5.10 Å². The van der Waals surface area contributed by atoms with Crippen molar-refractivity contribution in [1.29, 1.82) is 0 Å². The standard InChI is InChI=1S/C11H13Cl2N3S/c1-3-14-11(17)16-15-7(2)9-6-8(12)4-5-10(9)13/h4-6H,3H2,1-2H3,(H2,14,16,17)/b15-7-. The summed E-state index contributed by atoms with van der Waals surface area (Å²) in [6.07, 6.45) is 0. The van der Waals surface area contributed by atoms with Gasteiger partial charge in [-0.2, -0.15) is 5.10 Å². The molecule has 92 valence electrons. The molecule has 1 aromatic carbocycles. The second kappa shape index (κ2) is 6.79. The lowest BCUT2D eigenvalue weighted by Gasteiger charge is -2.07. The number of halogens is 2. The number of thiocarbonyl (C=S) groups is 1. The Morgan fingerprint density at radius 2 is 2.12 bits per heavy atom. The molecule has 0 saturated heterocycles. The van der Waals surface area contributed by atoms with Crippen molar-refractivity contribution in [3.05, 3.63) is 33.8 Å². The fourth-order valence-corrected chi connectivity index (χ4v) is 1.79. The number of nitrogens with one attached hydrogen (secondary N) is 2. The van der Waals surface area contributed by atoms with Crippen LogP contribution in [0.15, 0.2) is 23.3 Å². The van der Waals surface area contributed by atoms with Gasteiger partial charge in [-0.05, 0) is 44.3 Å². The quantitative estimate of drug-likeness (QED) is 0.510. The van der Waals surface area contributed by atoms with Crippen molar-refractivity contribution >= 4 is 46.2 Å². The molecule has 0 heterocycles. The third kappa shape index (κ3) is 4.50. The summed E-state index contributed by atoms with van der Waals surface area (Å²) in [5, 5.41) is 8.77. The van der Waals surface area contributed by atoms with E-state index in [1.165, 1.54) is 0 Å². The van der Waals surface area contributed by atoms with E-state index in [0.29, 0.717) is 15.2 Å². The zero-order valence-corrected chi connectivity index (χ0v) is 11.9. The van der Waals surface area contributed by atoms with Gasteiger partial charge in [0.25, 0.3) is 0 Å². The first-order valence-corrected chi connectivity index (χ1v) is 6.24. The molecule has 0 aromatic heterocycles. The number of hydrogen-bond donors (Lipinski definition) is 2. The van der Waals surface area contributed by atoms with Crippen LogP contribution in [-0.2, 0) is 0 Å². The van der Waals surface area contributed by atoms with E-state index in [2.05, 4.69) is 15.8 Å². The second-order valence-corrected chi connectivity index (χ2v) is 4.54. The number of hydrazone groups is 1. The number of nitrogens with zero attached hydrogens (tertiary/aromatic N) is 1. The number of benzene rings is 1. The molecule has 0 amide bonds. The Morgan fingerprint density at radius 3 is 2.76 bits per heavy atom. The summed E-state index contributed by atoms with van der Waals surface area (Å²) in [6, 6.07) is 5.24. The third-order valence-electron chi connectivity index (χ3n) is 1.98. The van der Waals surface area contributed by atoms with Crippen LogP contribution in [-0.4, -0.2) is 17.4 Å². The molecule has 0 aliphatic heterocycles. The fraction of sp³-hybridized carbons (Fsp3) is 0.273. The monoisotopic (exact) mass is 289 g/mol. The van der Waals surface area contributed by atoms with E-state index in [1.54, 1.807) is 18.2 Å². The first-order chi connectivity index (χ1) is 8.04. The summed E-state index contributed by atoms with van der Waals surface area (Å²) in [5.74, 6) is 0. The highest BCUT2D eigenvalue weighted by Crippen LogP contribution is 2.21. The van der Waals surface area contributed by atoms with Crippen LogP contribution in [0.25, 0.3) is 0 Å². The molecule has 0 aliphatic rings. The zero-order chi connectivity index (χ0) is 12.8. The molecule has 17 heavy (non-hydrogen) atoms. The number of hydrogen-bond acceptors (Lipinski definition) is 2. The summed E-state index contributed by atoms with van der Waals surface area (Å²) in [4.78, 5) is 0. The van der Waals surface area contributed by atoms with Gasteiger partial charge in [-0.25, -0.2) is 0 Å². The average molecular weight is 290 g/mol. The predicted molar refractivity (Wildman–Crippen MR) is 78.1 cm³/mol. The van der Waals surface area contributed by atoms with Crippen LogP contribution in [0.5, 0.6) is 0 Å². The minimum atomic E-state index is 0.477. The molecule has 0 spiro atoms. The topological polar surface area (TPSA) is 36.4 Å². The normalized spacial score (nSPS) is 11.2. The Balaban J connectivity index is 2.81. The maximum Gasteiger partial charge on any atom is 0.186 e. The molecule has 0 aliphatic carbocycles. The average Bonchev–Trinajstić information content (AvgIpc) is 2.29. The molecule has 3 nitrogen and oxygen atoms in total. The van der Waals surface area contributed by atoms with Crippen LogP contribution in [0.4, 0.5) is 0 Å². The van der Waals surface area contributed by atoms with E-state index in [4.69, 9.17) is 35.4 Å². The molecular weight excluding hydrogens is 277 g/mol. The van der Waals surface area contributed by atoms with Crippen LogP contribution in [0, 0.1) is 0 Å². The maximum absolute atomic E-state index is 6.05. The molecule has 0 fully saturated rings. The van der Waals surface area contributed by atoms with Crippen molar-refractivity contribution in [1.82, 2.24) is 10.7 Å². The molecule has 0 saturated carbocycles. The fourth-order valence-electron chi connectivity index (χ4n) is 1.17. The molecule has 1 aromatic rings.